The quantitative estimate of drug-likeness (QED) is 0.720. The van der Waals surface area contributed by atoms with Crippen molar-refractivity contribution in [2.24, 2.45) is 0 Å². The van der Waals surface area contributed by atoms with Gasteiger partial charge in [-0.05, 0) is 61.1 Å². The molecule has 0 bridgehead atoms. The fourth-order valence-electron chi connectivity index (χ4n) is 3.60. The SMILES string of the molecule is COc1ccc(Cl)cc1N(CC(=O)N[C@H](C)c1ccc2c(c1)CCC2)S(C)(=O)=O. The molecule has 1 aliphatic rings. The van der Waals surface area contributed by atoms with E-state index in [-0.39, 0.29) is 18.3 Å². The number of sulfonamides is 1. The van der Waals surface area contributed by atoms with Crippen LogP contribution in [0.3, 0.4) is 0 Å². The van der Waals surface area contributed by atoms with Gasteiger partial charge in [-0.1, -0.05) is 29.8 Å². The van der Waals surface area contributed by atoms with E-state index in [9.17, 15) is 13.2 Å². The smallest absolute Gasteiger partial charge is 0.241 e. The Morgan fingerprint density at radius 1 is 1.21 bits per heavy atom. The van der Waals surface area contributed by atoms with Crippen LogP contribution in [0, 0.1) is 0 Å². The second kappa shape index (κ2) is 8.63. The number of carbonyl (C=O) groups is 1. The molecule has 6 nitrogen and oxygen atoms in total. The zero-order chi connectivity index (χ0) is 21.2. The van der Waals surface area contributed by atoms with E-state index in [0.717, 1.165) is 35.4 Å². The number of aryl methyl sites for hydroxylation is 2. The molecule has 0 unspecified atom stereocenters. The number of rotatable bonds is 7. The number of fused-ring (bicyclic) bond motifs is 1. The minimum absolute atomic E-state index is 0.225. The molecule has 29 heavy (non-hydrogen) atoms. The minimum atomic E-state index is -3.74. The summed E-state index contributed by atoms with van der Waals surface area (Å²) in [5.74, 6) is -0.0928. The lowest BCUT2D eigenvalue weighted by Crippen LogP contribution is -2.41. The van der Waals surface area contributed by atoms with Crippen molar-refractivity contribution in [3.05, 3.63) is 58.1 Å². The maximum Gasteiger partial charge on any atom is 0.241 e. The predicted molar refractivity (Wildman–Crippen MR) is 115 cm³/mol. The molecule has 0 spiro atoms. The van der Waals surface area contributed by atoms with Crippen LogP contribution in [0.15, 0.2) is 36.4 Å². The maximum absolute atomic E-state index is 12.7. The Morgan fingerprint density at radius 3 is 2.62 bits per heavy atom. The molecule has 8 heteroatoms. The second-order valence-corrected chi connectivity index (χ2v) is 9.60. The number of methoxy groups -OCH3 is 1. The van der Waals surface area contributed by atoms with Crippen LogP contribution in [0.4, 0.5) is 5.69 Å². The Bertz CT molecular complexity index is 1020. The Hall–Kier alpha value is -2.25. The molecule has 156 valence electrons. The number of nitrogens with one attached hydrogen (secondary N) is 1. The van der Waals surface area contributed by atoms with Crippen LogP contribution in [0.1, 0.15) is 36.1 Å². The molecule has 0 aromatic heterocycles. The standard InChI is InChI=1S/C21H25ClN2O4S/c1-14(16-8-7-15-5-4-6-17(15)11-16)23-21(25)13-24(29(3,26)27)19-12-18(22)9-10-20(19)28-2/h7-12,14H,4-6,13H2,1-3H3,(H,23,25)/t14-/m1/s1. The fourth-order valence-corrected chi connectivity index (χ4v) is 4.62. The number of nitrogens with zero attached hydrogens (tertiary/aromatic N) is 1. The molecule has 2 aromatic rings. The summed E-state index contributed by atoms with van der Waals surface area (Å²) in [5.41, 5.74) is 3.92. The summed E-state index contributed by atoms with van der Waals surface area (Å²) in [6.07, 6.45) is 4.36. The van der Waals surface area contributed by atoms with Crippen molar-refractivity contribution in [3.8, 4) is 5.75 Å². The molecule has 0 saturated carbocycles. The monoisotopic (exact) mass is 436 g/mol. The van der Waals surface area contributed by atoms with E-state index < -0.39 is 15.9 Å². The number of hydrogen-bond acceptors (Lipinski definition) is 4. The van der Waals surface area contributed by atoms with Gasteiger partial charge in [-0.3, -0.25) is 9.10 Å². The van der Waals surface area contributed by atoms with Gasteiger partial charge >= 0.3 is 0 Å². The summed E-state index contributed by atoms with van der Waals surface area (Å²) in [7, 11) is -2.30. The number of benzene rings is 2. The van der Waals surface area contributed by atoms with Crippen LogP contribution in [0.25, 0.3) is 0 Å². The third kappa shape index (κ3) is 5.03. The molecule has 1 amide bonds. The lowest BCUT2D eigenvalue weighted by atomic mass is 10.0. The number of ether oxygens (including phenoxy) is 1. The molecule has 1 N–H and O–H groups in total. The van der Waals surface area contributed by atoms with E-state index in [0.29, 0.717) is 10.8 Å². The molecule has 1 atom stereocenters. The van der Waals surface area contributed by atoms with Crippen molar-refractivity contribution in [3.63, 3.8) is 0 Å². The predicted octanol–water partition coefficient (Wildman–Crippen LogP) is 3.48. The number of amides is 1. The summed E-state index contributed by atoms with van der Waals surface area (Å²) < 4.78 is 31.0. The topological polar surface area (TPSA) is 75.7 Å². The number of anilines is 1. The van der Waals surface area contributed by atoms with Crippen LogP contribution in [-0.4, -0.2) is 34.2 Å². The van der Waals surface area contributed by atoms with Crippen LogP contribution in [0.2, 0.25) is 5.02 Å². The van der Waals surface area contributed by atoms with Gasteiger partial charge < -0.3 is 10.1 Å². The van der Waals surface area contributed by atoms with Gasteiger partial charge in [-0.2, -0.15) is 0 Å². The Labute approximate surface area is 176 Å². The highest BCUT2D eigenvalue weighted by atomic mass is 35.5. The van der Waals surface area contributed by atoms with E-state index in [1.54, 1.807) is 12.1 Å². The Balaban J connectivity index is 1.78. The highest BCUT2D eigenvalue weighted by molar-refractivity contribution is 7.92. The largest absolute Gasteiger partial charge is 0.495 e. The van der Waals surface area contributed by atoms with Crippen LogP contribution in [0.5, 0.6) is 5.75 Å². The summed E-state index contributed by atoms with van der Waals surface area (Å²) >= 11 is 6.04. The minimum Gasteiger partial charge on any atom is -0.495 e. The van der Waals surface area contributed by atoms with Crippen molar-refractivity contribution in [1.82, 2.24) is 5.32 Å². The maximum atomic E-state index is 12.7. The van der Waals surface area contributed by atoms with Crippen LogP contribution >= 0.6 is 11.6 Å². The van der Waals surface area contributed by atoms with E-state index in [2.05, 4.69) is 17.4 Å². The molecule has 1 aliphatic carbocycles. The molecule has 0 saturated heterocycles. The number of hydrogen-bond donors (Lipinski definition) is 1. The first-order valence-corrected chi connectivity index (χ1v) is 11.6. The molecular formula is C21H25ClN2O4S. The average molecular weight is 437 g/mol. The summed E-state index contributed by atoms with van der Waals surface area (Å²) in [6.45, 7) is 1.52. The average Bonchev–Trinajstić information content (AvgIpc) is 3.13. The van der Waals surface area contributed by atoms with Crippen molar-refractivity contribution in [1.29, 1.82) is 0 Å². The summed E-state index contributed by atoms with van der Waals surface area (Å²) in [6, 6.07) is 10.7. The van der Waals surface area contributed by atoms with Crippen LogP contribution < -0.4 is 14.4 Å². The summed E-state index contributed by atoms with van der Waals surface area (Å²) in [4.78, 5) is 12.7. The number of halogens is 1. The summed E-state index contributed by atoms with van der Waals surface area (Å²) in [5, 5.41) is 3.24. The van der Waals surface area contributed by atoms with E-state index >= 15 is 0 Å². The van der Waals surface area contributed by atoms with Gasteiger partial charge in [-0.25, -0.2) is 8.42 Å². The first-order valence-electron chi connectivity index (χ1n) is 9.41. The lowest BCUT2D eigenvalue weighted by molar-refractivity contribution is -0.120. The van der Waals surface area contributed by atoms with Crippen LogP contribution in [-0.2, 0) is 27.7 Å². The lowest BCUT2D eigenvalue weighted by Gasteiger charge is -2.25. The third-order valence-corrected chi connectivity index (χ3v) is 6.46. The molecule has 0 heterocycles. The highest BCUT2D eigenvalue weighted by Crippen LogP contribution is 2.32. The van der Waals surface area contributed by atoms with Crippen molar-refractivity contribution in [2.75, 3.05) is 24.2 Å². The van der Waals surface area contributed by atoms with E-state index in [4.69, 9.17) is 16.3 Å². The third-order valence-electron chi connectivity index (χ3n) is 5.10. The van der Waals surface area contributed by atoms with Gasteiger partial charge in [0.05, 0.1) is 25.1 Å². The van der Waals surface area contributed by atoms with Gasteiger partial charge in [0, 0.05) is 5.02 Å². The van der Waals surface area contributed by atoms with E-state index in [1.807, 2.05) is 13.0 Å². The fraction of sp³-hybridized carbons (Fsp3) is 0.381. The highest BCUT2D eigenvalue weighted by Gasteiger charge is 2.25. The zero-order valence-electron chi connectivity index (χ0n) is 16.7. The Morgan fingerprint density at radius 2 is 1.93 bits per heavy atom. The molecule has 2 aromatic carbocycles. The van der Waals surface area contributed by atoms with Gasteiger partial charge in [-0.15, -0.1) is 0 Å². The van der Waals surface area contributed by atoms with Gasteiger partial charge in [0.25, 0.3) is 0 Å². The van der Waals surface area contributed by atoms with E-state index in [1.165, 1.54) is 24.3 Å². The molecule has 0 radical (unpaired) electrons. The zero-order valence-corrected chi connectivity index (χ0v) is 18.3. The second-order valence-electron chi connectivity index (χ2n) is 7.26. The molecular weight excluding hydrogens is 412 g/mol. The first kappa shape index (κ1) is 21.5. The van der Waals surface area contributed by atoms with Crippen molar-refractivity contribution in [2.45, 2.75) is 32.2 Å². The normalized spacial score (nSPS) is 14.2. The molecule has 3 rings (SSSR count). The van der Waals surface area contributed by atoms with Gasteiger partial charge in [0.15, 0.2) is 0 Å². The molecule has 0 fully saturated rings. The van der Waals surface area contributed by atoms with Gasteiger partial charge in [0.2, 0.25) is 15.9 Å². The van der Waals surface area contributed by atoms with Gasteiger partial charge in [0.1, 0.15) is 12.3 Å². The van der Waals surface area contributed by atoms with Crippen molar-refractivity contribution < 1.29 is 17.9 Å². The number of carbonyl (C=O) groups excluding carboxylic acids is 1. The first-order chi connectivity index (χ1) is 13.7. The molecule has 0 aliphatic heterocycles. The van der Waals surface area contributed by atoms with Crippen molar-refractivity contribution >= 4 is 33.2 Å². The Kier molecular flexibility index (Phi) is 6.39.